The topological polar surface area (TPSA) is 34.1 Å². The summed E-state index contributed by atoms with van der Waals surface area (Å²) in [6.45, 7) is 5.07. The van der Waals surface area contributed by atoms with E-state index in [-0.39, 0.29) is 0 Å². The van der Waals surface area contributed by atoms with E-state index >= 15 is 0 Å². The smallest absolute Gasteiger partial charge is 0.0924 e. The van der Waals surface area contributed by atoms with Gasteiger partial charge in [-0.05, 0) is 25.3 Å². The number of hydrogen-bond acceptors (Lipinski definition) is 4. The molecule has 0 spiro atoms. The van der Waals surface area contributed by atoms with E-state index < -0.39 is 0 Å². The number of nitrogens with one attached hydrogen (secondary N) is 1. The molecule has 0 fully saturated rings. The molecule has 0 aromatic carbocycles. The molecule has 4 heteroatoms. The second-order valence-electron chi connectivity index (χ2n) is 3.77. The van der Waals surface area contributed by atoms with Gasteiger partial charge in [-0.1, -0.05) is 6.92 Å². The van der Waals surface area contributed by atoms with Crippen molar-refractivity contribution < 1.29 is 4.74 Å². The zero-order valence-corrected chi connectivity index (χ0v) is 10.3. The summed E-state index contributed by atoms with van der Waals surface area (Å²) in [6, 6.07) is 0. The van der Waals surface area contributed by atoms with Crippen LogP contribution in [0.2, 0.25) is 0 Å². The van der Waals surface area contributed by atoms with E-state index in [1.54, 1.807) is 18.4 Å². The van der Waals surface area contributed by atoms with Crippen molar-refractivity contribution >= 4 is 11.3 Å². The second kappa shape index (κ2) is 7.79. The molecule has 3 nitrogen and oxygen atoms in total. The fourth-order valence-electron chi connectivity index (χ4n) is 1.37. The third-order valence-electron chi connectivity index (χ3n) is 2.31. The summed E-state index contributed by atoms with van der Waals surface area (Å²) in [5, 5.41) is 6.66. The van der Waals surface area contributed by atoms with Crippen molar-refractivity contribution in [1.29, 1.82) is 0 Å². The van der Waals surface area contributed by atoms with E-state index in [0.717, 1.165) is 26.1 Å². The highest BCUT2D eigenvalue weighted by Crippen LogP contribution is 2.10. The maximum atomic E-state index is 4.97. The lowest BCUT2D eigenvalue weighted by Gasteiger charge is -2.11. The van der Waals surface area contributed by atoms with Crippen molar-refractivity contribution in [3.05, 3.63) is 16.6 Å². The molecule has 0 amide bonds. The van der Waals surface area contributed by atoms with Gasteiger partial charge in [-0.2, -0.15) is 0 Å². The largest absolute Gasteiger partial charge is 0.383 e. The molecule has 0 bridgehead atoms. The summed E-state index contributed by atoms with van der Waals surface area (Å²) < 4.78 is 4.97. The first-order valence-corrected chi connectivity index (χ1v) is 6.29. The number of thiazole rings is 1. The van der Waals surface area contributed by atoms with Gasteiger partial charge in [0.2, 0.25) is 0 Å². The van der Waals surface area contributed by atoms with E-state index in [9.17, 15) is 0 Å². The zero-order chi connectivity index (χ0) is 10.9. The fourth-order valence-corrected chi connectivity index (χ4v) is 2.01. The lowest BCUT2D eigenvalue weighted by Crippen LogP contribution is -2.25. The Bertz CT molecular complexity index is 239. The van der Waals surface area contributed by atoms with Crippen LogP contribution in [-0.4, -0.2) is 31.8 Å². The average molecular weight is 228 g/mol. The second-order valence-corrected chi connectivity index (χ2v) is 4.75. The van der Waals surface area contributed by atoms with Crippen molar-refractivity contribution in [2.24, 2.45) is 5.92 Å². The molecule has 0 saturated carbocycles. The van der Waals surface area contributed by atoms with Crippen LogP contribution in [0.1, 0.15) is 18.4 Å². The third kappa shape index (κ3) is 5.87. The molecular formula is C11H20N2OS. The van der Waals surface area contributed by atoms with Gasteiger partial charge in [0.1, 0.15) is 0 Å². The highest BCUT2D eigenvalue weighted by atomic mass is 32.1. The predicted octanol–water partition coefficient (Wildman–Crippen LogP) is 1.95. The quantitative estimate of drug-likeness (QED) is 0.691. The minimum absolute atomic E-state index is 0.700. The number of nitrogens with zero attached hydrogens (tertiary/aromatic N) is 1. The number of hydrogen-bond donors (Lipinski definition) is 1. The van der Waals surface area contributed by atoms with Gasteiger partial charge in [-0.3, -0.25) is 0 Å². The Morgan fingerprint density at radius 2 is 2.47 bits per heavy atom. The van der Waals surface area contributed by atoms with E-state index in [1.165, 1.54) is 11.4 Å². The summed E-state index contributed by atoms with van der Waals surface area (Å²) in [6.07, 6.45) is 4.18. The molecule has 0 aliphatic carbocycles. The first kappa shape index (κ1) is 12.6. The fraction of sp³-hybridized carbons (Fsp3) is 0.727. The maximum Gasteiger partial charge on any atom is 0.0924 e. The van der Waals surface area contributed by atoms with Gasteiger partial charge in [0.15, 0.2) is 0 Å². The Hall–Kier alpha value is -0.450. The van der Waals surface area contributed by atoms with Crippen molar-refractivity contribution in [1.82, 2.24) is 10.3 Å². The van der Waals surface area contributed by atoms with Gasteiger partial charge in [0.05, 0.1) is 11.6 Å². The molecule has 0 aliphatic rings. The average Bonchev–Trinajstić information content (AvgIpc) is 2.74. The van der Waals surface area contributed by atoms with Gasteiger partial charge in [0.25, 0.3) is 0 Å². The van der Waals surface area contributed by atoms with E-state index in [1.807, 2.05) is 11.6 Å². The lowest BCUT2D eigenvalue weighted by atomic mass is 10.1. The molecule has 15 heavy (non-hydrogen) atoms. The zero-order valence-electron chi connectivity index (χ0n) is 9.53. The van der Waals surface area contributed by atoms with E-state index in [4.69, 9.17) is 4.74 Å². The summed E-state index contributed by atoms with van der Waals surface area (Å²) in [4.78, 5) is 4.28. The van der Waals surface area contributed by atoms with Crippen LogP contribution in [0, 0.1) is 5.92 Å². The van der Waals surface area contributed by atoms with Crippen LogP contribution in [0.4, 0.5) is 0 Å². The lowest BCUT2D eigenvalue weighted by molar-refractivity contribution is 0.198. The summed E-state index contributed by atoms with van der Waals surface area (Å²) >= 11 is 1.75. The summed E-state index contributed by atoms with van der Waals surface area (Å²) in [7, 11) is 1.73. The molecule has 0 radical (unpaired) electrons. The van der Waals surface area contributed by atoms with Crippen LogP contribution in [0.25, 0.3) is 0 Å². The van der Waals surface area contributed by atoms with Gasteiger partial charge in [-0.25, -0.2) is 4.98 Å². The molecule has 1 unspecified atom stereocenters. The Kier molecular flexibility index (Phi) is 6.55. The molecule has 1 heterocycles. The molecule has 1 atom stereocenters. The number of aryl methyl sites for hydroxylation is 1. The molecular weight excluding hydrogens is 208 g/mol. The Balaban J connectivity index is 2.01. The summed E-state index contributed by atoms with van der Waals surface area (Å²) in [5.41, 5.74) is 0. The number of ether oxygens (including phenoxy) is 1. The van der Waals surface area contributed by atoms with Crippen LogP contribution in [-0.2, 0) is 11.2 Å². The van der Waals surface area contributed by atoms with Crippen LogP contribution >= 0.6 is 11.3 Å². The minimum Gasteiger partial charge on any atom is -0.383 e. The van der Waals surface area contributed by atoms with Crippen molar-refractivity contribution in [3.63, 3.8) is 0 Å². The van der Waals surface area contributed by atoms with Crippen molar-refractivity contribution in [2.45, 2.75) is 19.8 Å². The van der Waals surface area contributed by atoms with Crippen molar-refractivity contribution in [3.8, 4) is 0 Å². The highest BCUT2D eigenvalue weighted by Gasteiger charge is 2.03. The molecule has 1 aromatic rings. The van der Waals surface area contributed by atoms with Crippen LogP contribution < -0.4 is 5.32 Å². The monoisotopic (exact) mass is 228 g/mol. The van der Waals surface area contributed by atoms with Gasteiger partial charge in [-0.15, -0.1) is 11.3 Å². The molecule has 0 saturated heterocycles. The van der Waals surface area contributed by atoms with Gasteiger partial charge < -0.3 is 10.1 Å². The molecule has 1 aromatic heterocycles. The first-order valence-electron chi connectivity index (χ1n) is 5.41. The highest BCUT2D eigenvalue weighted by molar-refractivity contribution is 7.09. The van der Waals surface area contributed by atoms with Gasteiger partial charge in [0, 0.05) is 25.2 Å². The summed E-state index contributed by atoms with van der Waals surface area (Å²) in [5.74, 6) is 0.700. The van der Waals surface area contributed by atoms with E-state index in [0.29, 0.717) is 5.92 Å². The Labute approximate surface area is 95.9 Å². The molecule has 1 rings (SSSR count). The van der Waals surface area contributed by atoms with Gasteiger partial charge >= 0.3 is 0 Å². The maximum absolute atomic E-state index is 4.97. The minimum atomic E-state index is 0.700. The molecule has 1 N–H and O–H groups in total. The first-order chi connectivity index (χ1) is 7.33. The van der Waals surface area contributed by atoms with E-state index in [2.05, 4.69) is 17.2 Å². The van der Waals surface area contributed by atoms with Crippen molar-refractivity contribution in [2.75, 3.05) is 26.8 Å². The number of aromatic nitrogens is 1. The predicted molar refractivity (Wildman–Crippen MR) is 64.3 cm³/mol. The SMILES string of the molecule is COCCNCC(C)CCc1nccs1. The Morgan fingerprint density at radius 1 is 1.60 bits per heavy atom. The number of methoxy groups -OCH3 is 1. The van der Waals surface area contributed by atoms with Crippen LogP contribution in [0.5, 0.6) is 0 Å². The van der Waals surface area contributed by atoms with Crippen LogP contribution in [0.3, 0.4) is 0 Å². The number of rotatable bonds is 8. The molecule has 86 valence electrons. The molecule has 0 aliphatic heterocycles. The Morgan fingerprint density at radius 3 is 3.13 bits per heavy atom. The van der Waals surface area contributed by atoms with Crippen LogP contribution in [0.15, 0.2) is 11.6 Å². The normalized spacial score (nSPS) is 12.9. The third-order valence-corrected chi connectivity index (χ3v) is 3.15. The standard InChI is InChI=1S/C11H20N2OS/c1-10(9-12-5-7-14-2)3-4-11-13-6-8-15-11/h6,8,10,12H,3-5,7,9H2,1-2H3.